The van der Waals surface area contributed by atoms with Crippen molar-refractivity contribution in [2.24, 2.45) is 0 Å². The van der Waals surface area contributed by atoms with E-state index in [9.17, 15) is 5.11 Å². The van der Waals surface area contributed by atoms with Gasteiger partial charge in [-0.2, -0.15) is 0 Å². The van der Waals surface area contributed by atoms with Gasteiger partial charge in [0.2, 0.25) is 5.88 Å². The number of aromatic nitrogens is 1. The zero-order chi connectivity index (χ0) is 11.9. The molecule has 4 nitrogen and oxygen atoms in total. The minimum absolute atomic E-state index is 0.456. The standard InChI is InChI=1S/C13H18N2O2/c1-17-12-6-9(4-5-14-12)13(16)7-10-2-3-11(8-13)15-10/h4-6,10-11,15-16H,2-3,7-8H2,1H3. The van der Waals surface area contributed by atoms with Crippen molar-refractivity contribution >= 4 is 0 Å². The van der Waals surface area contributed by atoms with Gasteiger partial charge in [-0.3, -0.25) is 0 Å². The first-order valence-electron chi connectivity index (χ1n) is 6.18. The average Bonchev–Trinajstić information content (AvgIpc) is 2.69. The Balaban J connectivity index is 1.91. The fourth-order valence-corrected chi connectivity index (χ4v) is 3.17. The largest absolute Gasteiger partial charge is 0.481 e. The third-order valence-corrected chi connectivity index (χ3v) is 3.98. The van der Waals surface area contributed by atoms with Crippen LogP contribution in [0, 0.1) is 0 Å². The van der Waals surface area contributed by atoms with Crippen LogP contribution in [0.25, 0.3) is 0 Å². The number of rotatable bonds is 2. The van der Waals surface area contributed by atoms with Crippen molar-refractivity contribution in [2.45, 2.75) is 43.4 Å². The van der Waals surface area contributed by atoms with E-state index in [-0.39, 0.29) is 0 Å². The van der Waals surface area contributed by atoms with E-state index in [4.69, 9.17) is 4.74 Å². The molecule has 0 radical (unpaired) electrons. The highest BCUT2D eigenvalue weighted by Crippen LogP contribution is 2.40. The molecule has 92 valence electrons. The summed E-state index contributed by atoms with van der Waals surface area (Å²) in [6.45, 7) is 0. The van der Waals surface area contributed by atoms with Gasteiger partial charge in [-0.25, -0.2) is 4.98 Å². The number of aliphatic hydroxyl groups is 1. The lowest BCUT2D eigenvalue weighted by atomic mass is 9.82. The van der Waals surface area contributed by atoms with E-state index in [1.807, 2.05) is 12.1 Å². The molecular formula is C13H18N2O2. The second-order valence-electron chi connectivity index (χ2n) is 5.16. The monoisotopic (exact) mass is 234 g/mol. The summed E-state index contributed by atoms with van der Waals surface area (Å²) in [6.07, 6.45) is 5.63. The number of methoxy groups -OCH3 is 1. The van der Waals surface area contributed by atoms with Crippen LogP contribution in [0.3, 0.4) is 0 Å². The Morgan fingerprint density at radius 2 is 2.12 bits per heavy atom. The zero-order valence-electron chi connectivity index (χ0n) is 10.0. The van der Waals surface area contributed by atoms with Crippen molar-refractivity contribution in [3.8, 4) is 5.88 Å². The first-order valence-corrected chi connectivity index (χ1v) is 6.18. The van der Waals surface area contributed by atoms with Crippen molar-refractivity contribution in [1.29, 1.82) is 0 Å². The Hall–Kier alpha value is -1.13. The van der Waals surface area contributed by atoms with Crippen LogP contribution in [-0.2, 0) is 5.60 Å². The Kier molecular flexibility index (Phi) is 2.56. The maximum Gasteiger partial charge on any atom is 0.213 e. The van der Waals surface area contributed by atoms with E-state index < -0.39 is 5.60 Å². The first kappa shape index (κ1) is 11.0. The molecule has 2 unspecified atom stereocenters. The normalized spacial score (nSPS) is 35.9. The van der Waals surface area contributed by atoms with Crippen molar-refractivity contribution in [1.82, 2.24) is 10.3 Å². The molecule has 17 heavy (non-hydrogen) atoms. The molecule has 2 bridgehead atoms. The van der Waals surface area contributed by atoms with Gasteiger partial charge in [0.25, 0.3) is 0 Å². The molecule has 1 aromatic heterocycles. The number of pyridine rings is 1. The summed E-state index contributed by atoms with van der Waals surface area (Å²) in [4.78, 5) is 4.09. The predicted octanol–water partition coefficient (Wildman–Crippen LogP) is 1.19. The number of ether oxygens (including phenoxy) is 1. The minimum Gasteiger partial charge on any atom is -0.481 e. The van der Waals surface area contributed by atoms with E-state index in [1.165, 1.54) is 12.8 Å². The Bertz CT molecular complexity index is 410. The lowest BCUT2D eigenvalue weighted by Gasteiger charge is -2.37. The molecule has 2 aliphatic rings. The maximum absolute atomic E-state index is 10.8. The molecule has 0 aromatic carbocycles. The SMILES string of the molecule is COc1cc(C2(O)CC3CCC(C2)N3)ccn1. The summed E-state index contributed by atoms with van der Waals surface area (Å²) in [5.74, 6) is 0.571. The second kappa shape index (κ2) is 3.96. The van der Waals surface area contributed by atoms with E-state index in [0.29, 0.717) is 18.0 Å². The van der Waals surface area contributed by atoms with Crippen LogP contribution in [0.15, 0.2) is 18.3 Å². The van der Waals surface area contributed by atoms with Gasteiger partial charge >= 0.3 is 0 Å². The topological polar surface area (TPSA) is 54.4 Å². The molecule has 1 aromatic rings. The van der Waals surface area contributed by atoms with E-state index in [0.717, 1.165) is 18.4 Å². The second-order valence-corrected chi connectivity index (χ2v) is 5.16. The van der Waals surface area contributed by atoms with Crippen LogP contribution >= 0.6 is 0 Å². The number of hydrogen-bond donors (Lipinski definition) is 2. The van der Waals surface area contributed by atoms with Crippen LogP contribution in [0.1, 0.15) is 31.2 Å². The summed E-state index contributed by atoms with van der Waals surface area (Å²) in [7, 11) is 1.60. The molecule has 2 fully saturated rings. The van der Waals surface area contributed by atoms with Crippen molar-refractivity contribution < 1.29 is 9.84 Å². The quantitative estimate of drug-likeness (QED) is 0.807. The van der Waals surface area contributed by atoms with E-state index in [1.54, 1.807) is 13.3 Å². The fraction of sp³-hybridized carbons (Fsp3) is 0.615. The fourth-order valence-electron chi connectivity index (χ4n) is 3.17. The van der Waals surface area contributed by atoms with Crippen LogP contribution < -0.4 is 10.1 Å². The van der Waals surface area contributed by atoms with Gasteiger partial charge in [0.05, 0.1) is 12.7 Å². The summed E-state index contributed by atoms with van der Waals surface area (Å²) < 4.78 is 5.12. The Morgan fingerprint density at radius 3 is 2.76 bits per heavy atom. The van der Waals surface area contributed by atoms with Crippen molar-refractivity contribution in [3.63, 3.8) is 0 Å². The molecule has 0 aliphatic carbocycles. The summed E-state index contributed by atoms with van der Waals surface area (Å²) in [6, 6.07) is 4.66. The molecule has 3 rings (SSSR count). The highest BCUT2D eigenvalue weighted by molar-refractivity contribution is 5.28. The minimum atomic E-state index is -0.715. The highest BCUT2D eigenvalue weighted by Gasteiger charge is 2.43. The molecule has 2 saturated heterocycles. The zero-order valence-corrected chi connectivity index (χ0v) is 10.0. The van der Waals surface area contributed by atoms with Gasteiger partial charge in [0.15, 0.2) is 0 Å². The number of piperidine rings is 1. The lowest BCUT2D eigenvalue weighted by molar-refractivity contribution is -0.0117. The molecule has 3 heterocycles. The molecule has 2 aliphatic heterocycles. The average molecular weight is 234 g/mol. The summed E-state index contributed by atoms with van der Waals surface area (Å²) in [5, 5.41) is 14.4. The van der Waals surface area contributed by atoms with Crippen LogP contribution in [0.5, 0.6) is 5.88 Å². The van der Waals surface area contributed by atoms with Crippen LogP contribution in [0.2, 0.25) is 0 Å². The number of hydrogen-bond acceptors (Lipinski definition) is 4. The first-order chi connectivity index (χ1) is 8.19. The number of nitrogens with zero attached hydrogens (tertiary/aromatic N) is 1. The van der Waals surface area contributed by atoms with Crippen LogP contribution in [0.4, 0.5) is 0 Å². The molecule has 2 N–H and O–H groups in total. The van der Waals surface area contributed by atoms with E-state index in [2.05, 4.69) is 10.3 Å². The Labute approximate surface area is 101 Å². The van der Waals surface area contributed by atoms with Crippen molar-refractivity contribution in [3.05, 3.63) is 23.9 Å². The van der Waals surface area contributed by atoms with Gasteiger partial charge in [0, 0.05) is 24.3 Å². The molecular weight excluding hydrogens is 216 g/mol. The maximum atomic E-state index is 10.8. The van der Waals surface area contributed by atoms with Gasteiger partial charge < -0.3 is 15.2 Å². The molecule has 0 amide bonds. The van der Waals surface area contributed by atoms with Crippen LogP contribution in [-0.4, -0.2) is 29.3 Å². The smallest absolute Gasteiger partial charge is 0.213 e. The Morgan fingerprint density at radius 1 is 1.41 bits per heavy atom. The van der Waals surface area contributed by atoms with Gasteiger partial charge in [0.1, 0.15) is 0 Å². The molecule has 2 atom stereocenters. The summed E-state index contributed by atoms with van der Waals surface area (Å²) in [5.41, 5.74) is 0.218. The van der Waals surface area contributed by atoms with Gasteiger partial charge in [-0.15, -0.1) is 0 Å². The van der Waals surface area contributed by atoms with Gasteiger partial charge in [-0.1, -0.05) is 0 Å². The third-order valence-electron chi connectivity index (χ3n) is 3.98. The molecule has 4 heteroatoms. The van der Waals surface area contributed by atoms with Gasteiger partial charge in [-0.05, 0) is 37.3 Å². The number of nitrogens with one attached hydrogen (secondary N) is 1. The lowest BCUT2D eigenvalue weighted by Crippen LogP contribution is -2.46. The number of fused-ring (bicyclic) bond motifs is 2. The summed E-state index contributed by atoms with van der Waals surface area (Å²) >= 11 is 0. The third kappa shape index (κ3) is 1.91. The highest BCUT2D eigenvalue weighted by atomic mass is 16.5. The van der Waals surface area contributed by atoms with Crippen molar-refractivity contribution in [2.75, 3.05) is 7.11 Å². The van der Waals surface area contributed by atoms with E-state index >= 15 is 0 Å². The predicted molar refractivity (Wildman–Crippen MR) is 63.9 cm³/mol. The molecule has 0 spiro atoms. The molecule has 0 saturated carbocycles.